The van der Waals surface area contributed by atoms with Crippen molar-refractivity contribution in [2.75, 3.05) is 0 Å². The lowest BCUT2D eigenvalue weighted by Crippen LogP contribution is -2.12. The highest BCUT2D eigenvalue weighted by atomic mass is 35.5. The molecule has 0 spiro atoms. The topological polar surface area (TPSA) is 49.9 Å². The Balaban J connectivity index is 3.48. The van der Waals surface area contributed by atoms with Crippen LogP contribution in [0.4, 0.5) is 8.78 Å². The van der Waals surface area contributed by atoms with Gasteiger partial charge in [0.2, 0.25) is 5.56 Å². The van der Waals surface area contributed by atoms with Crippen LogP contribution in [-0.2, 0) is 0 Å². The van der Waals surface area contributed by atoms with E-state index in [-0.39, 0.29) is 0 Å². The lowest BCUT2D eigenvalue weighted by atomic mass is 10.2. The molecule has 0 amide bonds. The highest BCUT2D eigenvalue weighted by Gasteiger charge is 2.19. The van der Waals surface area contributed by atoms with E-state index in [1.54, 1.807) is 0 Å². The van der Waals surface area contributed by atoms with Crippen molar-refractivity contribution < 1.29 is 13.6 Å². The largest absolute Gasteiger partial charge is 0.317 e. The van der Waals surface area contributed by atoms with Crippen LogP contribution in [0.2, 0.25) is 5.02 Å². The molecule has 0 saturated heterocycles. The second kappa shape index (κ2) is 4.06. The van der Waals surface area contributed by atoms with Crippen molar-refractivity contribution in [1.82, 2.24) is 4.98 Å². The zero-order valence-electron chi connectivity index (χ0n) is 6.48. The predicted octanol–water partition coefficient (Wildman–Crippen LogP) is 2.34. The molecule has 14 heavy (non-hydrogen) atoms. The van der Waals surface area contributed by atoms with Gasteiger partial charge in [0.1, 0.15) is 5.69 Å². The van der Waals surface area contributed by atoms with Gasteiger partial charge in [-0.1, -0.05) is 11.6 Å². The smallest absolute Gasteiger partial charge is 0.270 e. The first-order chi connectivity index (χ1) is 6.43. The van der Waals surface area contributed by atoms with Crippen molar-refractivity contribution in [3.63, 3.8) is 0 Å². The lowest BCUT2D eigenvalue weighted by Gasteiger charge is -2.04. The summed E-state index contributed by atoms with van der Waals surface area (Å²) < 4.78 is 24.5. The summed E-state index contributed by atoms with van der Waals surface area (Å²) in [5.74, 6) is 0. The number of pyridine rings is 1. The molecular formula is C7H3Cl2F2NO2. The molecule has 0 radical (unpaired) electrons. The summed E-state index contributed by atoms with van der Waals surface area (Å²) in [6.45, 7) is 0. The van der Waals surface area contributed by atoms with Crippen LogP contribution in [0, 0.1) is 0 Å². The van der Waals surface area contributed by atoms with Gasteiger partial charge in [0.15, 0.2) is 0 Å². The predicted molar refractivity (Wildman–Crippen MR) is 47.2 cm³/mol. The molecule has 0 aliphatic rings. The van der Waals surface area contributed by atoms with Gasteiger partial charge in [-0.2, -0.15) is 0 Å². The van der Waals surface area contributed by atoms with Gasteiger partial charge in [-0.05, 0) is 11.6 Å². The summed E-state index contributed by atoms with van der Waals surface area (Å²) in [7, 11) is 0. The molecule has 0 aliphatic heterocycles. The molecule has 0 fully saturated rings. The lowest BCUT2D eigenvalue weighted by molar-refractivity contribution is 0.107. The molecule has 0 atom stereocenters. The summed E-state index contributed by atoms with van der Waals surface area (Å²) in [5, 5.41) is -1.62. The maximum Gasteiger partial charge on any atom is 0.270 e. The summed E-state index contributed by atoms with van der Waals surface area (Å²) in [6.07, 6.45) is -2.93. The number of alkyl halides is 2. The SMILES string of the molecule is O=C(Cl)c1[nH]c(=O)cc(C(F)F)c1Cl. The number of H-pyrrole nitrogens is 1. The fourth-order valence-electron chi connectivity index (χ4n) is 0.857. The number of rotatable bonds is 2. The molecule has 1 aromatic heterocycles. The molecule has 1 heterocycles. The van der Waals surface area contributed by atoms with Crippen LogP contribution in [0.15, 0.2) is 10.9 Å². The minimum Gasteiger partial charge on any atom is -0.317 e. The number of halogens is 4. The Kier molecular flexibility index (Phi) is 3.23. The molecule has 0 bridgehead atoms. The van der Waals surface area contributed by atoms with Gasteiger partial charge in [0, 0.05) is 11.6 Å². The van der Waals surface area contributed by atoms with Gasteiger partial charge in [0.05, 0.1) is 5.02 Å². The second-order valence-electron chi connectivity index (χ2n) is 2.35. The van der Waals surface area contributed by atoms with Gasteiger partial charge in [-0.3, -0.25) is 9.59 Å². The van der Waals surface area contributed by atoms with E-state index < -0.39 is 33.5 Å². The maximum absolute atomic E-state index is 12.3. The number of carbonyl (C=O) groups is 1. The number of nitrogens with one attached hydrogen (secondary N) is 1. The Morgan fingerprint density at radius 3 is 2.50 bits per heavy atom. The van der Waals surface area contributed by atoms with E-state index in [0.29, 0.717) is 6.07 Å². The highest BCUT2D eigenvalue weighted by molar-refractivity contribution is 6.68. The third-order valence-corrected chi connectivity index (χ3v) is 2.04. The van der Waals surface area contributed by atoms with Gasteiger partial charge < -0.3 is 4.98 Å². The molecule has 0 saturated carbocycles. The van der Waals surface area contributed by atoms with Crippen molar-refractivity contribution in [3.05, 3.63) is 32.7 Å². The standard InChI is InChI=1S/C7H3Cl2F2NO2/c8-4-2(7(10)11)1-3(13)12-5(4)6(9)14/h1,7H,(H,12,13). The Morgan fingerprint density at radius 2 is 2.07 bits per heavy atom. The van der Waals surface area contributed by atoms with E-state index in [2.05, 4.69) is 0 Å². The average Bonchev–Trinajstić information content (AvgIpc) is 2.07. The average molecular weight is 242 g/mol. The van der Waals surface area contributed by atoms with Crippen LogP contribution in [-0.4, -0.2) is 10.2 Å². The fourth-order valence-corrected chi connectivity index (χ4v) is 1.32. The molecule has 0 aliphatic carbocycles. The van der Waals surface area contributed by atoms with Crippen molar-refractivity contribution in [2.24, 2.45) is 0 Å². The summed E-state index contributed by atoms with van der Waals surface area (Å²) in [5.41, 5.74) is -2.08. The fraction of sp³-hybridized carbons (Fsp3) is 0.143. The molecule has 0 unspecified atom stereocenters. The third-order valence-electron chi connectivity index (χ3n) is 1.44. The summed E-state index contributed by atoms with van der Waals surface area (Å²) >= 11 is 10.4. The number of aromatic amines is 1. The number of carbonyl (C=O) groups excluding carboxylic acids is 1. The van der Waals surface area contributed by atoms with Crippen LogP contribution >= 0.6 is 23.2 Å². The van der Waals surface area contributed by atoms with Crippen molar-refractivity contribution >= 4 is 28.4 Å². The van der Waals surface area contributed by atoms with E-state index in [0.717, 1.165) is 0 Å². The molecule has 0 aromatic carbocycles. The monoisotopic (exact) mass is 241 g/mol. The normalized spacial score (nSPS) is 10.6. The Labute approximate surface area is 86.6 Å². The minimum absolute atomic E-state index is 0.517. The maximum atomic E-state index is 12.3. The Hall–Kier alpha value is -0.940. The van der Waals surface area contributed by atoms with Crippen molar-refractivity contribution in [2.45, 2.75) is 6.43 Å². The summed E-state index contributed by atoms with van der Waals surface area (Å²) in [4.78, 5) is 23.4. The first kappa shape index (κ1) is 11.1. The van der Waals surface area contributed by atoms with Crippen molar-refractivity contribution in [3.8, 4) is 0 Å². The molecule has 76 valence electrons. The van der Waals surface area contributed by atoms with E-state index in [1.165, 1.54) is 0 Å². The second-order valence-corrected chi connectivity index (χ2v) is 3.07. The number of hydrogen-bond acceptors (Lipinski definition) is 2. The third kappa shape index (κ3) is 2.10. The molecule has 1 rings (SSSR count). The van der Waals surface area contributed by atoms with E-state index in [9.17, 15) is 18.4 Å². The minimum atomic E-state index is -2.93. The van der Waals surface area contributed by atoms with E-state index in [4.69, 9.17) is 23.2 Å². The molecule has 1 aromatic rings. The van der Waals surface area contributed by atoms with Crippen LogP contribution in [0.5, 0.6) is 0 Å². The number of aromatic nitrogens is 1. The van der Waals surface area contributed by atoms with Crippen LogP contribution in [0.25, 0.3) is 0 Å². The first-order valence-corrected chi connectivity index (χ1v) is 4.09. The molecular weight excluding hydrogens is 239 g/mol. The summed E-state index contributed by atoms with van der Waals surface area (Å²) in [6, 6.07) is 0.621. The Bertz CT molecular complexity index is 430. The molecule has 1 N–H and O–H groups in total. The first-order valence-electron chi connectivity index (χ1n) is 3.34. The highest BCUT2D eigenvalue weighted by Crippen LogP contribution is 2.27. The van der Waals surface area contributed by atoms with Gasteiger partial charge >= 0.3 is 0 Å². The van der Waals surface area contributed by atoms with E-state index in [1.807, 2.05) is 4.98 Å². The van der Waals surface area contributed by atoms with Gasteiger partial charge in [0.25, 0.3) is 11.7 Å². The quantitative estimate of drug-likeness (QED) is 0.809. The molecule has 3 nitrogen and oxygen atoms in total. The van der Waals surface area contributed by atoms with E-state index >= 15 is 0 Å². The Morgan fingerprint density at radius 1 is 1.50 bits per heavy atom. The van der Waals surface area contributed by atoms with Gasteiger partial charge in [-0.15, -0.1) is 0 Å². The van der Waals surface area contributed by atoms with Gasteiger partial charge in [-0.25, -0.2) is 8.78 Å². The zero-order chi connectivity index (χ0) is 10.9. The van der Waals surface area contributed by atoms with Crippen molar-refractivity contribution in [1.29, 1.82) is 0 Å². The number of hydrogen-bond donors (Lipinski definition) is 1. The molecule has 7 heteroatoms. The van der Waals surface area contributed by atoms with Crippen LogP contribution < -0.4 is 5.56 Å². The van der Waals surface area contributed by atoms with Crippen LogP contribution in [0.3, 0.4) is 0 Å². The zero-order valence-corrected chi connectivity index (χ0v) is 7.99. The van der Waals surface area contributed by atoms with Crippen LogP contribution in [0.1, 0.15) is 22.5 Å².